The smallest absolute Gasteiger partial charge is 0.194 e. The molecule has 0 saturated carbocycles. The Labute approximate surface area is 139 Å². The molecule has 3 aromatic carbocycles. The largest absolute Gasteiger partial charge is 0.289 e. The third-order valence-corrected chi connectivity index (χ3v) is 4.36. The molecule has 0 saturated heterocycles. The van der Waals surface area contributed by atoms with E-state index in [4.69, 9.17) is 11.6 Å². The number of hydrogen-bond acceptors (Lipinski definition) is 1. The van der Waals surface area contributed by atoms with Gasteiger partial charge in [0.25, 0.3) is 0 Å². The zero-order valence-electron chi connectivity index (χ0n) is 12.3. The molecular weight excluding hydrogens is 304 g/mol. The van der Waals surface area contributed by atoms with Crippen molar-refractivity contribution in [3.8, 4) is 0 Å². The van der Waals surface area contributed by atoms with Crippen LogP contribution in [0.3, 0.4) is 0 Å². The van der Waals surface area contributed by atoms with Gasteiger partial charge in [-0.05, 0) is 40.5 Å². The van der Waals surface area contributed by atoms with Gasteiger partial charge >= 0.3 is 0 Å². The zero-order chi connectivity index (χ0) is 15.8. The minimum atomic E-state index is 0.0875. The molecule has 0 spiro atoms. The van der Waals surface area contributed by atoms with Crippen molar-refractivity contribution in [2.75, 3.05) is 0 Å². The summed E-state index contributed by atoms with van der Waals surface area (Å²) < 4.78 is 0. The molecule has 0 radical (unpaired) electrons. The molecule has 1 nitrogen and oxygen atoms in total. The summed E-state index contributed by atoms with van der Waals surface area (Å²) in [6.45, 7) is 0. The number of rotatable bonds is 1. The van der Waals surface area contributed by atoms with E-state index in [1.807, 2.05) is 72.8 Å². The number of halogens is 1. The molecule has 0 unspecified atom stereocenters. The molecule has 1 aliphatic carbocycles. The molecule has 0 amide bonds. The highest BCUT2D eigenvalue weighted by Gasteiger charge is 2.25. The maximum atomic E-state index is 12.7. The molecule has 0 atom stereocenters. The van der Waals surface area contributed by atoms with Crippen LogP contribution in [0, 0.1) is 0 Å². The summed E-state index contributed by atoms with van der Waals surface area (Å²) in [5.41, 5.74) is 5.59. The first-order valence-electron chi connectivity index (χ1n) is 7.45. The predicted octanol–water partition coefficient (Wildman–Crippen LogP) is 5.47. The van der Waals surface area contributed by atoms with Crippen LogP contribution in [0.4, 0.5) is 0 Å². The number of fused-ring (bicyclic) bond motifs is 2. The monoisotopic (exact) mass is 316 g/mol. The lowest BCUT2D eigenvalue weighted by Crippen LogP contribution is -2.14. The van der Waals surface area contributed by atoms with Crippen molar-refractivity contribution in [3.63, 3.8) is 0 Å². The van der Waals surface area contributed by atoms with Crippen LogP contribution in [0.2, 0.25) is 5.02 Å². The molecule has 4 rings (SSSR count). The van der Waals surface area contributed by atoms with Crippen LogP contribution >= 0.6 is 11.6 Å². The topological polar surface area (TPSA) is 17.1 Å². The second-order valence-electron chi connectivity index (χ2n) is 5.53. The maximum Gasteiger partial charge on any atom is 0.194 e. The molecule has 0 aromatic heterocycles. The van der Waals surface area contributed by atoms with E-state index in [9.17, 15) is 4.79 Å². The summed E-state index contributed by atoms with van der Waals surface area (Å²) in [5.74, 6) is 0.0875. The average molecular weight is 317 g/mol. The van der Waals surface area contributed by atoms with Gasteiger partial charge in [-0.1, -0.05) is 72.3 Å². The molecule has 2 heteroatoms. The summed E-state index contributed by atoms with van der Waals surface area (Å²) in [5, 5.41) is 0.715. The molecule has 3 aromatic rings. The van der Waals surface area contributed by atoms with Crippen LogP contribution in [0.1, 0.15) is 32.6 Å². The van der Waals surface area contributed by atoms with E-state index in [-0.39, 0.29) is 5.78 Å². The maximum absolute atomic E-state index is 12.7. The highest BCUT2D eigenvalue weighted by molar-refractivity contribution is 6.30. The molecular formula is C21H13ClO. The first-order chi connectivity index (χ1) is 11.2. The van der Waals surface area contributed by atoms with E-state index in [0.29, 0.717) is 5.02 Å². The highest BCUT2D eigenvalue weighted by Crippen LogP contribution is 2.36. The van der Waals surface area contributed by atoms with Crippen molar-refractivity contribution in [1.82, 2.24) is 0 Å². The van der Waals surface area contributed by atoms with Crippen LogP contribution in [0.15, 0.2) is 72.8 Å². The standard InChI is InChI=1S/C21H13ClO/c22-15-11-9-14(10-12-15)13-20-16-5-1-3-7-18(16)21(23)19-8-4-2-6-17(19)20/h1-13H. The molecule has 0 bridgehead atoms. The Morgan fingerprint density at radius 1 is 0.652 bits per heavy atom. The van der Waals surface area contributed by atoms with Crippen molar-refractivity contribution in [3.05, 3.63) is 106 Å². The average Bonchev–Trinajstić information content (AvgIpc) is 2.60. The number of carbonyl (C=O) groups is 1. The van der Waals surface area contributed by atoms with E-state index < -0.39 is 0 Å². The van der Waals surface area contributed by atoms with Crippen molar-refractivity contribution in [2.45, 2.75) is 0 Å². The second kappa shape index (κ2) is 5.53. The van der Waals surface area contributed by atoms with E-state index in [1.54, 1.807) is 0 Å². The van der Waals surface area contributed by atoms with Gasteiger partial charge in [0.05, 0.1) is 0 Å². The molecule has 1 aliphatic rings. The van der Waals surface area contributed by atoms with Gasteiger partial charge in [-0.2, -0.15) is 0 Å². The Kier molecular flexibility index (Phi) is 3.36. The Bertz CT molecular complexity index is 885. The highest BCUT2D eigenvalue weighted by atomic mass is 35.5. The van der Waals surface area contributed by atoms with Crippen molar-refractivity contribution in [1.29, 1.82) is 0 Å². The van der Waals surface area contributed by atoms with Gasteiger partial charge in [0.1, 0.15) is 0 Å². The SMILES string of the molecule is O=C1c2ccccc2C(=Cc2ccc(Cl)cc2)c2ccccc21. The van der Waals surface area contributed by atoms with Crippen LogP contribution in [-0.2, 0) is 0 Å². The fourth-order valence-corrected chi connectivity index (χ4v) is 3.13. The lowest BCUT2D eigenvalue weighted by atomic mass is 9.81. The summed E-state index contributed by atoms with van der Waals surface area (Å²) in [4.78, 5) is 12.7. The summed E-state index contributed by atoms with van der Waals surface area (Å²) in [6, 6.07) is 23.3. The minimum Gasteiger partial charge on any atom is -0.289 e. The van der Waals surface area contributed by atoms with Gasteiger partial charge in [-0.3, -0.25) is 4.79 Å². The van der Waals surface area contributed by atoms with Gasteiger partial charge in [0.15, 0.2) is 5.78 Å². The van der Waals surface area contributed by atoms with E-state index in [2.05, 4.69) is 6.08 Å². The third-order valence-electron chi connectivity index (χ3n) is 4.10. The summed E-state index contributed by atoms with van der Waals surface area (Å²) in [6.07, 6.45) is 2.11. The van der Waals surface area contributed by atoms with E-state index in [1.165, 1.54) is 0 Å². The Morgan fingerprint density at radius 3 is 1.65 bits per heavy atom. The first-order valence-corrected chi connectivity index (χ1v) is 7.82. The van der Waals surface area contributed by atoms with Gasteiger partial charge in [-0.15, -0.1) is 0 Å². The first kappa shape index (κ1) is 14.0. The molecule has 0 fully saturated rings. The third kappa shape index (κ3) is 2.39. The Balaban J connectivity index is 1.98. The van der Waals surface area contributed by atoms with Crippen molar-refractivity contribution < 1.29 is 4.79 Å². The van der Waals surface area contributed by atoms with Gasteiger partial charge in [0.2, 0.25) is 0 Å². The van der Waals surface area contributed by atoms with E-state index >= 15 is 0 Å². The van der Waals surface area contributed by atoms with Crippen LogP contribution < -0.4 is 0 Å². The fraction of sp³-hybridized carbons (Fsp3) is 0. The van der Waals surface area contributed by atoms with Gasteiger partial charge in [-0.25, -0.2) is 0 Å². The van der Waals surface area contributed by atoms with Crippen molar-refractivity contribution in [2.24, 2.45) is 0 Å². The number of benzene rings is 3. The summed E-state index contributed by atoms with van der Waals surface area (Å²) in [7, 11) is 0. The molecule has 0 N–H and O–H groups in total. The van der Waals surface area contributed by atoms with Crippen LogP contribution in [0.25, 0.3) is 11.6 Å². The fourth-order valence-electron chi connectivity index (χ4n) is 3.00. The molecule has 110 valence electrons. The summed E-state index contributed by atoms with van der Waals surface area (Å²) >= 11 is 5.97. The lowest BCUT2D eigenvalue weighted by molar-refractivity contribution is 0.103. The number of carbonyl (C=O) groups excluding carboxylic acids is 1. The number of hydrogen-bond donors (Lipinski definition) is 0. The van der Waals surface area contributed by atoms with E-state index in [0.717, 1.165) is 33.4 Å². The van der Waals surface area contributed by atoms with Gasteiger partial charge in [0, 0.05) is 16.1 Å². The normalized spacial score (nSPS) is 12.6. The predicted molar refractivity (Wildman–Crippen MR) is 94.7 cm³/mol. The zero-order valence-corrected chi connectivity index (χ0v) is 13.0. The second-order valence-corrected chi connectivity index (χ2v) is 5.97. The lowest BCUT2D eigenvalue weighted by Gasteiger charge is -2.21. The quantitative estimate of drug-likeness (QED) is 0.455. The van der Waals surface area contributed by atoms with Crippen molar-refractivity contribution >= 4 is 29.0 Å². The Morgan fingerprint density at radius 2 is 1.13 bits per heavy atom. The minimum absolute atomic E-state index is 0.0875. The van der Waals surface area contributed by atoms with Gasteiger partial charge < -0.3 is 0 Å². The Hall–Kier alpha value is -2.64. The van der Waals surface area contributed by atoms with Crippen LogP contribution in [0.5, 0.6) is 0 Å². The molecule has 23 heavy (non-hydrogen) atoms. The number of ketones is 1. The molecule has 0 aliphatic heterocycles. The van der Waals surface area contributed by atoms with Crippen LogP contribution in [-0.4, -0.2) is 5.78 Å². The molecule has 0 heterocycles.